The van der Waals surface area contributed by atoms with E-state index >= 15 is 0 Å². The van der Waals surface area contributed by atoms with Gasteiger partial charge in [-0.15, -0.1) is 0 Å². The fraction of sp³-hybridized carbons (Fsp3) is 0.846. The van der Waals surface area contributed by atoms with Crippen LogP contribution in [0, 0.1) is 11.8 Å². The first kappa shape index (κ1) is 15.0. The lowest BCUT2D eigenvalue weighted by Gasteiger charge is -2.30. The lowest BCUT2D eigenvalue weighted by molar-refractivity contribution is -0.134. The number of nitrogens with zero attached hydrogens (tertiary/aromatic N) is 1. The molecule has 1 saturated heterocycles. The van der Waals surface area contributed by atoms with Gasteiger partial charge in [-0.2, -0.15) is 0 Å². The Kier molecular flexibility index (Phi) is 6.12. The monoisotopic (exact) mass is 256 g/mol. The maximum atomic E-state index is 11.9. The van der Waals surface area contributed by atoms with E-state index in [0.29, 0.717) is 32.0 Å². The fourth-order valence-corrected chi connectivity index (χ4v) is 2.20. The molecule has 18 heavy (non-hydrogen) atoms. The van der Waals surface area contributed by atoms with Crippen LogP contribution in [0.25, 0.3) is 0 Å². The second kappa shape index (κ2) is 7.36. The maximum Gasteiger partial charge on any atom is 0.223 e. The van der Waals surface area contributed by atoms with Crippen molar-refractivity contribution in [3.63, 3.8) is 0 Å². The van der Waals surface area contributed by atoms with E-state index in [1.54, 1.807) is 11.8 Å². The van der Waals surface area contributed by atoms with Crippen LogP contribution in [0.3, 0.4) is 0 Å². The fourth-order valence-electron chi connectivity index (χ4n) is 2.20. The molecular weight excluding hydrogens is 232 g/mol. The number of nitrogens with one attached hydrogen (secondary N) is 1. The SMILES string of the molecule is CC(=O)N1CCC(C(=O)NCC(C)CCO)CC1. The Bertz CT molecular complexity index is 286. The summed E-state index contributed by atoms with van der Waals surface area (Å²) in [4.78, 5) is 24.9. The summed E-state index contributed by atoms with van der Waals surface area (Å²) >= 11 is 0. The number of hydrogen-bond donors (Lipinski definition) is 2. The van der Waals surface area contributed by atoms with Gasteiger partial charge in [-0.05, 0) is 25.2 Å². The summed E-state index contributed by atoms with van der Waals surface area (Å²) in [6.45, 7) is 5.71. The lowest BCUT2D eigenvalue weighted by Crippen LogP contribution is -2.43. The topological polar surface area (TPSA) is 69.6 Å². The molecule has 0 spiro atoms. The predicted molar refractivity (Wildman–Crippen MR) is 68.9 cm³/mol. The Balaban J connectivity index is 2.25. The third-order valence-electron chi connectivity index (χ3n) is 3.56. The minimum atomic E-state index is 0.0296. The molecule has 1 unspecified atom stereocenters. The average Bonchev–Trinajstić information content (AvgIpc) is 2.36. The summed E-state index contributed by atoms with van der Waals surface area (Å²) in [5, 5.41) is 11.7. The number of likely N-dealkylation sites (tertiary alicyclic amines) is 1. The number of carbonyl (C=O) groups excluding carboxylic acids is 2. The van der Waals surface area contributed by atoms with Crippen molar-refractivity contribution in [1.29, 1.82) is 0 Å². The van der Waals surface area contributed by atoms with Crippen LogP contribution in [0.1, 0.15) is 33.1 Å². The first-order valence-electron chi connectivity index (χ1n) is 6.68. The van der Waals surface area contributed by atoms with Crippen molar-refractivity contribution in [1.82, 2.24) is 10.2 Å². The van der Waals surface area contributed by atoms with Crippen molar-refractivity contribution < 1.29 is 14.7 Å². The summed E-state index contributed by atoms with van der Waals surface area (Å²) in [6.07, 6.45) is 2.21. The molecule has 0 saturated carbocycles. The summed E-state index contributed by atoms with van der Waals surface area (Å²) in [5.41, 5.74) is 0. The van der Waals surface area contributed by atoms with Gasteiger partial charge in [-0.1, -0.05) is 6.92 Å². The minimum absolute atomic E-state index is 0.0296. The Labute approximate surface area is 109 Å². The largest absolute Gasteiger partial charge is 0.396 e. The number of aliphatic hydroxyl groups is 1. The van der Waals surface area contributed by atoms with E-state index in [9.17, 15) is 9.59 Å². The molecule has 1 aliphatic heterocycles. The van der Waals surface area contributed by atoms with Gasteiger partial charge in [0.1, 0.15) is 0 Å². The third-order valence-corrected chi connectivity index (χ3v) is 3.56. The van der Waals surface area contributed by atoms with Gasteiger partial charge in [0, 0.05) is 39.1 Å². The second-order valence-corrected chi connectivity index (χ2v) is 5.14. The smallest absolute Gasteiger partial charge is 0.223 e. The molecule has 2 N–H and O–H groups in total. The van der Waals surface area contributed by atoms with Crippen LogP contribution < -0.4 is 5.32 Å². The molecule has 1 heterocycles. The van der Waals surface area contributed by atoms with Crippen LogP contribution in [0.5, 0.6) is 0 Å². The molecule has 0 radical (unpaired) electrons. The van der Waals surface area contributed by atoms with E-state index in [-0.39, 0.29) is 24.3 Å². The Morgan fingerprint density at radius 1 is 1.39 bits per heavy atom. The van der Waals surface area contributed by atoms with Crippen molar-refractivity contribution in [2.24, 2.45) is 11.8 Å². The predicted octanol–water partition coefficient (Wildman–Crippen LogP) is 0.380. The van der Waals surface area contributed by atoms with E-state index in [4.69, 9.17) is 5.11 Å². The highest BCUT2D eigenvalue weighted by atomic mass is 16.3. The number of aliphatic hydroxyl groups excluding tert-OH is 1. The molecular formula is C13H24N2O3. The molecule has 0 bridgehead atoms. The van der Waals surface area contributed by atoms with E-state index in [2.05, 4.69) is 5.32 Å². The number of amides is 2. The molecule has 5 nitrogen and oxygen atoms in total. The quantitative estimate of drug-likeness (QED) is 0.747. The highest BCUT2D eigenvalue weighted by molar-refractivity contribution is 5.79. The first-order valence-corrected chi connectivity index (χ1v) is 6.68. The van der Waals surface area contributed by atoms with Gasteiger partial charge in [0.15, 0.2) is 0 Å². The van der Waals surface area contributed by atoms with E-state index in [1.807, 2.05) is 6.92 Å². The highest BCUT2D eigenvalue weighted by Gasteiger charge is 2.25. The summed E-state index contributed by atoms with van der Waals surface area (Å²) < 4.78 is 0. The molecule has 1 atom stereocenters. The first-order chi connectivity index (χ1) is 8.54. The van der Waals surface area contributed by atoms with Gasteiger partial charge < -0.3 is 15.3 Å². The van der Waals surface area contributed by atoms with Gasteiger partial charge >= 0.3 is 0 Å². The van der Waals surface area contributed by atoms with E-state index in [0.717, 1.165) is 12.8 Å². The van der Waals surface area contributed by atoms with Crippen LogP contribution in [-0.2, 0) is 9.59 Å². The molecule has 0 aromatic carbocycles. The van der Waals surface area contributed by atoms with Crippen LogP contribution in [0.4, 0.5) is 0 Å². The van der Waals surface area contributed by atoms with Crippen LogP contribution in [0.2, 0.25) is 0 Å². The molecule has 1 fully saturated rings. The molecule has 5 heteroatoms. The lowest BCUT2D eigenvalue weighted by atomic mass is 9.95. The number of rotatable bonds is 5. The third kappa shape index (κ3) is 4.64. The normalized spacial score (nSPS) is 18.5. The van der Waals surface area contributed by atoms with Gasteiger partial charge in [0.2, 0.25) is 11.8 Å². The zero-order chi connectivity index (χ0) is 13.5. The van der Waals surface area contributed by atoms with E-state index in [1.165, 1.54) is 0 Å². The highest BCUT2D eigenvalue weighted by Crippen LogP contribution is 2.17. The summed E-state index contributed by atoms with van der Waals surface area (Å²) in [7, 11) is 0. The number of piperidine rings is 1. The van der Waals surface area contributed by atoms with Crippen molar-refractivity contribution >= 4 is 11.8 Å². The Morgan fingerprint density at radius 2 is 2.00 bits per heavy atom. The van der Waals surface area contributed by atoms with Crippen molar-refractivity contribution in [3.05, 3.63) is 0 Å². The van der Waals surface area contributed by atoms with Crippen LogP contribution >= 0.6 is 0 Å². The zero-order valence-corrected chi connectivity index (χ0v) is 11.3. The van der Waals surface area contributed by atoms with Gasteiger partial charge in [-0.3, -0.25) is 9.59 Å². The minimum Gasteiger partial charge on any atom is -0.396 e. The Morgan fingerprint density at radius 3 is 2.50 bits per heavy atom. The summed E-state index contributed by atoms with van der Waals surface area (Å²) in [5.74, 6) is 0.506. The second-order valence-electron chi connectivity index (χ2n) is 5.14. The van der Waals surface area contributed by atoms with Gasteiger partial charge in [0.25, 0.3) is 0 Å². The zero-order valence-electron chi connectivity index (χ0n) is 11.3. The van der Waals surface area contributed by atoms with Crippen LogP contribution in [0.15, 0.2) is 0 Å². The van der Waals surface area contributed by atoms with Crippen molar-refractivity contribution in [2.75, 3.05) is 26.2 Å². The summed E-state index contributed by atoms with van der Waals surface area (Å²) in [6, 6.07) is 0. The molecule has 104 valence electrons. The molecule has 2 amide bonds. The molecule has 1 aliphatic rings. The number of carbonyl (C=O) groups is 2. The standard InChI is InChI=1S/C13H24N2O3/c1-10(5-8-16)9-14-13(18)12-3-6-15(7-4-12)11(2)17/h10,12,16H,3-9H2,1-2H3,(H,14,18). The molecule has 0 aromatic heterocycles. The number of hydrogen-bond acceptors (Lipinski definition) is 3. The van der Waals surface area contributed by atoms with Crippen molar-refractivity contribution in [2.45, 2.75) is 33.1 Å². The maximum absolute atomic E-state index is 11.9. The molecule has 0 aromatic rings. The van der Waals surface area contributed by atoms with Gasteiger partial charge in [-0.25, -0.2) is 0 Å². The van der Waals surface area contributed by atoms with Gasteiger partial charge in [0.05, 0.1) is 0 Å². The molecule has 0 aliphatic carbocycles. The Hall–Kier alpha value is -1.10. The van der Waals surface area contributed by atoms with Crippen molar-refractivity contribution in [3.8, 4) is 0 Å². The molecule has 1 rings (SSSR count). The van der Waals surface area contributed by atoms with E-state index < -0.39 is 0 Å². The van der Waals surface area contributed by atoms with Crippen LogP contribution in [-0.4, -0.2) is 48.1 Å². The average molecular weight is 256 g/mol.